The largest absolute Gasteiger partial charge is 0.481 e. The van der Waals surface area contributed by atoms with Crippen molar-refractivity contribution >= 4 is 11.9 Å². The molecule has 0 saturated carbocycles. The minimum atomic E-state index is -1.11. The van der Waals surface area contributed by atoms with Gasteiger partial charge in [-0.15, -0.1) is 0 Å². The highest BCUT2D eigenvalue weighted by Crippen LogP contribution is 2.44. The first-order valence-corrected chi connectivity index (χ1v) is 13.2. The van der Waals surface area contributed by atoms with Gasteiger partial charge in [-0.05, 0) is 62.1 Å². The van der Waals surface area contributed by atoms with Crippen molar-refractivity contribution in [2.45, 2.75) is 89.8 Å². The number of fused-ring (bicyclic) bond motifs is 1. The number of ether oxygens (including phenoxy) is 2. The van der Waals surface area contributed by atoms with Crippen LogP contribution in [0.25, 0.3) is 0 Å². The topological polar surface area (TPSA) is 134 Å². The van der Waals surface area contributed by atoms with E-state index in [1.54, 1.807) is 6.08 Å². The summed E-state index contributed by atoms with van der Waals surface area (Å²) in [4.78, 5) is 24.0. The van der Waals surface area contributed by atoms with Gasteiger partial charge in [0.05, 0.1) is 24.7 Å². The standard InChI is InChI=1S/C29H40O8/c1-4-25(36-23-10-5-17(2)6-11-23)29(35)37-26-15-21(31)13-19-8-7-18(3)24(28(19)26)12-9-20(30)14-22(32)16-27(33)34/h5-8,10-11,13,18,20-22,24-26,28,30-32H,4,9,12,14-16H2,1-3H3,(H,33,34). The Bertz CT molecular complexity index is 969. The summed E-state index contributed by atoms with van der Waals surface area (Å²) in [6.45, 7) is 5.90. The van der Waals surface area contributed by atoms with Crippen LogP contribution in [-0.2, 0) is 14.3 Å². The van der Waals surface area contributed by atoms with E-state index >= 15 is 0 Å². The number of carbonyl (C=O) groups excluding carboxylic acids is 1. The molecular formula is C29H40O8. The zero-order valence-electron chi connectivity index (χ0n) is 21.8. The average molecular weight is 517 g/mol. The SMILES string of the molecule is CCC(Oc1ccc(C)cc1)C(=O)OC1CC(O)C=C2C=CC(C)C(CCC(O)CC(O)CC(=O)O)C21. The molecule has 3 rings (SSSR count). The third-order valence-corrected chi connectivity index (χ3v) is 7.36. The van der Waals surface area contributed by atoms with E-state index in [1.807, 2.05) is 44.2 Å². The molecule has 8 atom stereocenters. The molecule has 0 fully saturated rings. The number of aryl methyl sites for hydroxylation is 1. The Morgan fingerprint density at radius 1 is 1.14 bits per heavy atom. The second-order valence-corrected chi connectivity index (χ2v) is 10.4. The van der Waals surface area contributed by atoms with E-state index in [0.29, 0.717) is 25.0 Å². The van der Waals surface area contributed by atoms with Gasteiger partial charge < -0.3 is 29.9 Å². The fourth-order valence-electron chi connectivity index (χ4n) is 5.39. The van der Waals surface area contributed by atoms with Crippen LogP contribution in [0.5, 0.6) is 5.75 Å². The van der Waals surface area contributed by atoms with Gasteiger partial charge in [0.2, 0.25) is 0 Å². The molecule has 8 heteroatoms. The molecule has 0 heterocycles. The first-order chi connectivity index (χ1) is 17.6. The van der Waals surface area contributed by atoms with Gasteiger partial charge in [-0.1, -0.05) is 49.8 Å². The number of benzene rings is 1. The van der Waals surface area contributed by atoms with Crippen LogP contribution in [0.1, 0.15) is 57.9 Å². The number of rotatable bonds is 12. The minimum absolute atomic E-state index is 0.0116. The Balaban J connectivity index is 1.70. The van der Waals surface area contributed by atoms with E-state index in [2.05, 4.69) is 13.0 Å². The zero-order chi connectivity index (χ0) is 27.1. The van der Waals surface area contributed by atoms with Gasteiger partial charge in [0.15, 0.2) is 6.10 Å². The maximum atomic E-state index is 13.2. The molecule has 0 amide bonds. The summed E-state index contributed by atoms with van der Waals surface area (Å²) >= 11 is 0. The van der Waals surface area contributed by atoms with Gasteiger partial charge >= 0.3 is 11.9 Å². The molecule has 0 radical (unpaired) electrons. The summed E-state index contributed by atoms with van der Waals surface area (Å²) in [5, 5.41) is 39.6. The van der Waals surface area contributed by atoms with Gasteiger partial charge in [0, 0.05) is 12.3 Å². The minimum Gasteiger partial charge on any atom is -0.481 e. The number of carbonyl (C=O) groups is 2. The summed E-state index contributed by atoms with van der Waals surface area (Å²) in [7, 11) is 0. The molecule has 1 aromatic carbocycles. The van der Waals surface area contributed by atoms with Crippen molar-refractivity contribution in [2.75, 3.05) is 0 Å². The molecule has 0 spiro atoms. The van der Waals surface area contributed by atoms with Crippen LogP contribution >= 0.6 is 0 Å². The first-order valence-electron chi connectivity index (χ1n) is 13.2. The molecule has 8 unspecified atom stereocenters. The van der Waals surface area contributed by atoms with E-state index in [0.717, 1.165) is 11.1 Å². The zero-order valence-corrected chi connectivity index (χ0v) is 21.8. The number of carboxylic acid groups (broad SMARTS) is 1. The Morgan fingerprint density at radius 2 is 1.84 bits per heavy atom. The number of hydrogen-bond acceptors (Lipinski definition) is 7. The predicted molar refractivity (Wildman–Crippen MR) is 138 cm³/mol. The lowest BCUT2D eigenvalue weighted by Crippen LogP contribution is -2.44. The second kappa shape index (κ2) is 13.2. The van der Waals surface area contributed by atoms with E-state index in [9.17, 15) is 24.9 Å². The molecule has 0 aromatic heterocycles. The fourth-order valence-corrected chi connectivity index (χ4v) is 5.39. The lowest BCUT2D eigenvalue weighted by atomic mass is 9.66. The Labute approximate surface area is 218 Å². The lowest BCUT2D eigenvalue weighted by molar-refractivity contribution is -0.163. The van der Waals surface area contributed by atoms with Crippen molar-refractivity contribution in [1.29, 1.82) is 0 Å². The molecule has 204 valence electrons. The predicted octanol–water partition coefficient (Wildman–Crippen LogP) is 3.56. The molecule has 37 heavy (non-hydrogen) atoms. The number of carboxylic acids is 1. The summed E-state index contributed by atoms with van der Waals surface area (Å²) in [5.41, 5.74) is 2.00. The highest BCUT2D eigenvalue weighted by molar-refractivity contribution is 5.75. The van der Waals surface area contributed by atoms with Gasteiger partial charge in [-0.25, -0.2) is 4.79 Å². The van der Waals surface area contributed by atoms with Crippen molar-refractivity contribution in [3.8, 4) is 5.75 Å². The number of hydrogen-bond donors (Lipinski definition) is 4. The Morgan fingerprint density at radius 3 is 2.49 bits per heavy atom. The number of esters is 1. The molecular weight excluding hydrogens is 476 g/mol. The molecule has 0 bridgehead atoms. The van der Waals surface area contributed by atoms with Crippen molar-refractivity contribution in [2.24, 2.45) is 17.8 Å². The Hall–Kier alpha value is -2.68. The molecule has 0 saturated heterocycles. The van der Waals surface area contributed by atoms with Crippen LogP contribution in [0.3, 0.4) is 0 Å². The molecule has 0 aliphatic heterocycles. The van der Waals surface area contributed by atoms with Gasteiger partial charge in [0.25, 0.3) is 0 Å². The van der Waals surface area contributed by atoms with E-state index in [-0.39, 0.29) is 30.6 Å². The lowest BCUT2D eigenvalue weighted by Gasteiger charge is -2.43. The highest BCUT2D eigenvalue weighted by atomic mass is 16.6. The average Bonchev–Trinajstić information content (AvgIpc) is 2.82. The highest BCUT2D eigenvalue weighted by Gasteiger charge is 2.42. The van der Waals surface area contributed by atoms with Crippen LogP contribution in [-0.4, -0.2) is 62.9 Å². The van der Waals surface area contributed by atoms with Gasteiger partial charge in [-0.3, -0.25) is 4.79 Å². The van der Waals surface area contributed by atoms with Crippen molar-refractivity contribution in [1.82, 2.24) is 0 Å². The maximum Gasteiger partial charge on any atom is 0.347 e. The molecule has 8 nitrogen and oxygen atoms in total. The first kappa shape index (κ1) is 28.9. The van der Waals surface area contributed by atoms with Crippen LogP contribution in [0.15, 0.2) is 48.1 Å². The number of aliphatic carboxylic acids is 1. The van der Waals surface area contributed by atoms with Crippen LogP contribution in [0.2, 0.25) is 0 Å². The molecule has 4 N–H and O–H groups in total. The summed E-state index contributed by atoms with van der Waals surface area (Å²) in [6.07, 6.45) is 3.08. The monoisotopic (exact) mass is 516 g/mol. The molecule has 1 aromatic rings. The maximum absolute atomic E-state index is 13.2. The number of allylic oxidation sites excluding steroid dienone is 2. The summed E-state index contributed by atoms with van der Waals surface area (Å²) in [6, 6.07) is 7.46. The van der Waals surface area contributed by atoms with Crippen molar-refractivity contribution < 1.29 is 39.5 Å². The fraction of sp³-hybridized carbons (Fsp3) is 0.586. The number of aliphatic hydroxyl groups is 3. The smallest absolute Gasteiger partial charge is 0.347 e. The third kappa shape index (κ3) is 8.15. The van der Waals surface area contributed by atoms with Crippen molar-refractivity contribution in [3.63, 3.8) is 0 Å². The number of aliphatic hydroxyl groups excluding tert-OH is 3. The van der Waals surface area contributed by atoms with Crippen LogP contribution in [0.4, 0.5) is 0 Å². The quantitative estimate of drug-likeness (QED) is 0.310. The molecule has 2 aliphatic carbocycles. The summed E-state index contributed by atoms with van der Waals surface area (Å²) in [5.74, 6) is -0.973. The van der Waals surface area contributed by atoms with E-state index in [1.165, 1.54) is 0 Å². The van der Waals surface area contributed by atoms with E-state index < -0.39 is 48.9 Å². The summed E-state index contributed by atoms with van der Waals surface area (Å²) < 4.78 is 11.9. The normalized spacial score (nSPS) is 27.4. The van der Waals surface area contributed by atoms with Crippen LogP contribution in [0, 0.1) is 24.7 Å². The van der Waals surface area contributed by atoms with Crippen molar-refractivity contribution in [3.05, 3.63) is 53.6 Å². The third-order valence-electron chi connectivity index (χ3n) is 7.36. The van der Waals surface area contributed by atoms with Gasteiger partial charge in [0.1, 0.15) is 11.9 Å². The van der Waals surface area contributed by atoms with Crippen LogP contribution < -0.4 is 4.74 Å². The van der Waals surface area contributed by atoms with E-state index in [4.69, 9.17) is 14.6 Å². The molecule has 2 aliphatic rings. The van der Waals surface area contributed by atoms with Gasteiger partial charge in [-0.2, -0.15) is 0 Å². The Kier molecular flexibility index (Phi) is 10.3. The second-order valence-electron chi connectivity index (χ2n) is 10.4.